The first kappa shape index (κ1) is 14.4. The van der Waals surface area contributed by atoms with Crippen LogP contribution in [0.15, 0.2) is 11.3 Å². The van der Waals surface area contributed by atoms with Gasteiger partial charge in [0.25, 0.3) is 5.76 Å². The van der Waals surface area contributed by atoms with Gasteiger partial charge in [0.05, 0.1) is 5.57 Å². The number of carbonyl (C=O) groups is 2. The lowest BCUT2D eigenvalue weighted by Gasteiger charge is -2.18. The van der Waals surface area contributed by atoms with Gasteiger partial charge in [-0.1, -0.05) is 6.92 Å². The van der Waals surface area contributed by atoms with E-state index in [0.29, 0.717) is 0 Å². The molecule has 0 unspecified atom stereocenters. The maximum Gasteiger partial charge on any atom is 0.375 e. The molecule has 16 heavy (non-hydrogen) atoms. The van der Waals surface area contributed by atoms with Gasteiger partial charge in [-0.2, -0.15) is 4.89 Å². The molecule has 0 aromatic rings. The highest BCUT2D eigenvalue weighted by Crippen LogP contribution is 2.16. The lowest BCUT2D eigenvalue weighted by molar-refractivity contribution is -0.321. The van der Waals surface area contributed by atoms with Gasteiger partial charge >= 0.3 is 11.9 Å². The zero-order valence-electron chi connectivity index (χ0n) is 9.73. The van der Waals surface area contributed by atoms with Crippen LogP contribution in [0.25, 0.3) is 0 Å². The molecule has 2 N–H and O–H groups in total. The number of aliphatic carboxylic acids is 2. The monoisotopic (exact) mass is 232 g/mol. The van der Waals surface area contributed by atoms with E-state index in [1.54, 1.807) is 20.8 Å². The van der Waals surface area contributed by atoms with Gasteiger partial charge in [0.1, 0.15) is 5.60 Å². The van der Waals surface area contributed by atoms with E-state index in [0.717, 1.165) is 0 Å². The molecule has 0 bridgehead atoms. The Bertz CT molecular complexity index is 310. The molecule has 0 radical (unpaired) electrons. The quantitative estimate of drug-likeness (QED) is 0.323. The van der Waals surface area contributed by atoms with Crippen LogP contribution < -0.4 is 0 Å². The van der Waals surface area contributed by atoms with E-state index in [-0.39, 0.29) is 12.0 Å². The molecular weight excluding hydrogens is 216 g/mol. The van der Waals surface area contributed by atoms with E-state index in [4.69, 9.17) is 15.1 Å². The minimum atomic E-state index is -1.47. The van der Waals surface area contributed by atoms with Crippen LogP contribution >= 0.6 is 0 Å². The summed E-state index contributed by atoms with van der Waals surface area (Å²) in [6.07, 6.45) is 0.0322. The molecule has 0 aliphatic rings. The van der Waals surface area contributed by atoms with Gasteiger partial charge in [-0.15, -0.1) is 0 Å². The highest BCUT2D eigenvalue weighted by Gasteiger charge is 2.24. The summed E-state index contributed by atoms with van der Waals surface area (Å²) < 4.78 is 0. The topological polar surface area (TPSA) is 93.1 Å². The van der Waals surface area contributed by atoms with Crippen LogP contribution in [0.3, 0.4) is 0 Å². The Morgan fingerprint density at radius 3 is 1.88 bits per heavy atom. The summed E-state index contributed by atoms with van der Waals surface area (Å²) in [7, 11) is 0. The molecule has 0 heterocycles. The Balaban J connectivity index is 5.00. The van der Waals surface area contributed by atoms with E-state index in [9.17, 15) is 9.59 Å². The average molecular weight is 232 g/mol. The Labute approximate surface area is 93.4 Å². The minimum Gasteiger partial charge on any atom is -0.478 e. The molecule has 0 aliphatic carbocycles. The molecule has 0 atom stereocenters. The summed E-state index contributed by atoms with van der Waals surface area (Å²) in [5.41, 5.74) is -1.06. The standard InChI is InChI=1S/C10H16O6/c1-5-6(8(11)12)7(9(13)14)15-16-10(2,3)4/h5H2,1-4H3,(H,11,12)(H,13,14). The highest BCUT2D eigenvalue weighted by atomic mass is 17.2. The first-order valence-corrected chi connectivity index (χ1v) is 4.74. The normalized spacial score (nSPS) is 13.0. The van der Waals surface area contributed by atoms with Gasteiger partial charge in [-0.05, 0) is 27.2 Å². The molecular formula is C10H16O6. The second-order valence-corrected chi connectivity index (χ2v) is 4.05. The molecule has 6 heteroatoms. The van der Waals surface area contributed by atoms with Crippen LogP contribution in [0, 0.1) is 0 Å². The van der Waals surface area contributed by atoms with Crippen LogP contribution in [-0.4, -0.2) is 27.8 Å². The number of hydrogen-bond donors (Lipinski definition) is 2. The Hall–Kier alpha value is -1.56. The summed E-state index contributed by atoms with van der Waals surface area (Å²) in [6, 6.07) is 0. The van der Waals surface area contributed by atoms with Crippen LogP contribution in [0.2, 0.25) is 0 Å². The third kappa shape index (κ3) is 4.79. The van der Waals surface area contributed by atoms with Gasteiger partial charge in [-0.3, -0.25) is 0 Å². The van der Waals surface area contributed by atoms with Crippen LogP contribution in [-0.2, 0) is 19.4 Å². The Morgan fingerprint density at radius 2 is 1.62 bits per heavy atom. The predicted octanol–water partition coefficient (Wildman–Crippen LogP) is 1.57. The van der Waals surface area contributed by atoms with E-state index < -0.39 is 23.3 Å². The van der Waals surface area contributed by atoms with Crippen molar-refractivity contribution in [3.05, 3.63) is 11.3 Å². The first-order valence-electron chi connectivity index (χ1n) is 4.74. The molecule has 0 amide bonds. The highest BCUT2D eigenvalue weighted by molar-refractivity contribution is 5.97. The molecule has 92 valence electrons. The summed E-state index contributed by atoms with van der Waals surface area (Å²) in [6.45, 7) is 6.48. The Morgan fingerprint density at radius 1 is 1.12 bits per heavy atom. The zero-order chi connectivity index (χ0) is 12.9. The molecule has 0 fully saturated rings. The second-order valence-electron chi connectivity index (χ2n) is 4.05. The second kappa shape index (κ2) is 5.50. The van der Waals surface area contributed by atoms with Crippen LogP contribution in [0.5, 0.6) is 0 Å². The minimum absolute atomic E-state index is 0.0322. The van der Waals surface area contributed by atoms with Crippen LogP contribution in [0.4, 0.5) is 0 Å². The first-order chi connectivity index (χ1) is 7.19. The van der Waals surface area contributed by atoms with Gasteiger partial charge in [0, 0.05) is 0 Å². The maximum absolute atomic E-state index is 10.8. The van der Waals surface area contributed by atoms with Crippen molar-refractivity contribution in [2.24, 2.45) is 0 Å². The van der Waals surface area contributed by atoms with E-state index >= 15 is 0 Å². The number of hydrogen-bond acceptors (Lipinski definition) is 4. The maximum atomic E-state index is 10.8. The van der Waals surface area contributed by atoms with E-state index in [1.807, 2.05) is 0 Å². The molecule has 0 aromatic carbocycles. The van der Waals surface area contributed by atoms with Crippen molar-refractivity contribution >= 4 is 11.9 Å². The lowest BCUT2D eigenvalue weighted by Crippen LogP contribution is -2.22. The van der Waals surface area contributed by atoms with Crippen molar-refractivity contribution in [1.29, 1.82) is 0 Å². The van der Waals surface area contributed by atoms with Crippen molar-refractivity contribution < 1.29 is 29.6 Å². The SMILES string of the molecule is CCC(C(=O)O)=C(OOC(C)(C)C)C(=O)O. The van der Waals surface area contributed by atoms with Gasteiger partial charge in [0.2, 0.25) is 0 Å². The smallest absolute Gasteiger partial charge is 0.375 e. The molecule has 0 spiro atoms. The molecule has 0 saturated carbocycles. The van der Waals surface area contributed by atoms with Crippen molar-refractivity contribution in [2.45, 2.75) is 39.7 Å². The number of carboxylic acid groups (broad SMARTS) is 2. The molecule has 0 rings (SSSR count). The predicted molar refractivity (Wildman–Crippen MR) is 54.5 cm³/mol. The summed E-state index contributed by atoms with van der Waals surface area (Å²) in [5.74, 6) is -3.49. The molecule has 0 aromatic heterocycles. The molecule has 6 nitrogen and oxygen atoms in total. The average Bonchev–Trinajstić information content (AvgIpc) is 2.08. The fourth-order valence-electron chi connectivity index (χ4n) is 0.791. The fourth-order valence-corrected chi connectivity index (χ4v) is 0.791. The Kier molecular flexibility index (Phi) is 4.97. The fraction of sp³-hybridized carbons (Fsp3) is 0.600. The summed E-state index contributed by atoms with van der Waals surface area (Å²) in [5, 5.41) is 17.6. The number of rotatable bonds is 5. The van der Waals surface area contributed by atoms with Crippen molar-refractivity contribution in [2.75, 3.05) is 0 Å². The van der Waals surface area contributed by atoms with Gasteiger partial charge in [-0.25, -0.2) is 9.59 Å². The summed E-state index contributed by atoms with van der Waals surface area (Å²) >= 11 is 0. The van der Waals surface area contributed by atoms with E-state index in [2.05, 4.69) is 4.89 Å². The third-order valence-electron chi connectivity index (χ3n) is 1.46. The molecule has 0 aliphatic heterocycles. The molecule has 0 saturated heterocycles. The largest absolute Gasteiger partial charge is 0.478 e. The zero-order valence-corrected chi connectivity index (χ0v) is 9.73. The number of carboxylic acids is 2. The lowest BCUT2D eigenvalue weighted by atomic mass is 10.2. The van der Waals surface area contributed by atoms with Crippen molar-refractivity contribution in [3.8, 4) is 0 Å². The summed E-state index contributed by atoms with van der Waals surface area (Å²) in [4.78, 5) is 30.9. The van der Waals surface area contributed by atoms with Crippen molar-refractivity contribution in [1.82, 2.24) is 0 Å². The van der Waals surface area contributed by atoms with Crippen LogP contribution in [0.1, 0.15) is 34.1 Å². The van der Waals surface area contributed by atoms with Gasteiger partial charge < -0.3 is 15.1 Å². The van der Waals surface area contributed by atoms with Gasteiger partial charge in [0.15, 0.2) is 0 Å². The van der Waals surface area contributed by atoms with E-state index in [1.165, 1.54) is 6.92 Å². The third-order valence-corrected chi connectivity index (χ3v) is 1.46. The van der Waals surface area contributed by atoms with Crippen molar-refractivity contribution in [3.63, 3.8) is 0 Å².